The molecule has 4 aromatic rings. The maximum atomic E-state index is 12.4. The van der Waals surface area contributed by atoms with Crippen molar-refractivity contribution >= 4 is 63.4 Å². The lowest BCUT2D eigenvalue weighted by atomic mass is 10.1. The number of carbonyl (C=O) groups excluding carboxylic acids is 1. The summed E-state index contributed by atoms with van der Waals surface area (Å²) in [5, 5.41) is 19.4. The number of hydrazone groups is 1. The molecular weight excluding hydrogens is 523 g/mol. The number of nitrogens with zero attached hydrogens (tertiary/aromatic N) is 2. The van der Waals surface area contributed by atoms with E-state index in [1.165, 1.54) is 23.6 Å². The van der Waals surface area contributed by atoms with Crippen molar-refractivity contribution in [2.24, 2.45) is 5.10 Å². The standard InChI is InChI=1S/C25H18Cl2N4O4S/c26-18-6-8-19(9-7-18)29-25-30-21(14-36-25)16-2-4-17(5-3-16)24(34)31-28-12-15-1-10-22(20(27)11-15)35-13-23(32)33/h1-12,14H,13H2,(H,29,30)(H,31,34)(H,32,33)/b28-12-. The first-order valence-electron chi connectivity index (χ1n) is 10.4. The Balaban J connectivity index is 1.33. The zero-order valence-electron chi connectivity index (χ0n) is 18.4. The Bertz CT molecular complexity index is 1410. The maximum Gasteiger partial charge on any atom is 0.341 e. The first kappa shape index (κ1) is 25.2. The van der Waals surface area contributed by atoms with Crippen LogP contribution in [0.4, 0.5) is 10.8 Å². The van der Waals surface area contributed by atoms with Crippen molar-refractivity contribution in [2.45, 2.75) is 0 Å². The van der Waals surface area contributed by atoms with Gasteiger partial charge in [-0.05, 0) is 60.2 Å². The number of hydrogen-bond acceptors (Lipinski definition) is 7. The molecule has 0 atom stereocenters. The van der Waals surface area contributed by atoms with Crippen molar-refractivity contribution in [3.63, 3.8) is 0 Å². The van der Waals surface area contributed by atoms with Gasteiger partial charge in [-0.15, -0.1) is 11.3 Å². The number of hydrogen-bond donors (Lipinski definition) is 3. The molecule has 0 saturated carbocycles. The van der Waals surface area contributed by atoms with Crippen LogP contribution in [0.2, 0.25) is 10.0 Å². The zero-order valence-corrected chi connectivity index (χ0v) is 20.8. The van der Waals surface area contributed by atoms with Crippen LogP contribution >= 0.6 is 34.5 Å². The fraction of sp³-hybridized carbons (Fsp3) is 0.0400. The van der Waals surface area contributed by atoms with E-state index in [1.807, 2.05) is 29.6 Å². The summed E-state index contributed by atoms with van der Waals surface area (Å²) in [6.45, 7) is -0.494. The van der Waals surface area contributed by atoms with Crippen LogP contribution in [0, 0.1) is 0 Å². The molecule has 0 aliphatic rings. The number of aliphatic carboxylic acids is 1. The number of carbonyl (C=O) groups is 2. The quantitative estimate of drug-likeness (QED) is 0.175. The number of anilines is 2. The van der Waals surface area contributed by atoms with Gasteiger partial charge in [0.1, 0.15) is 5.75 Å². The molecule has 0 radical (unpaired) electrons. The first-order chi connectivity index (χ1) is 17.4. The number of nitrogens with one attached hydrogen (secondary N) is 2. The Kier molecular flexibility index (Phi) is 8.17. The summed E-state index contributed by atoms with van der Waals surface area (Å²) in [5.41, 5.74) is 6.04. The van der Waals surface area contributed by atoms with Gasteiger partial charge < -0.3 is 15.2 Å². The number of carboxylic acid groups (broad SMARTS) is 1. The molecule has 0 saturated heterocycles. The zero-order chi connectivity index (χ0) is 25.5. The highest BCUT2D eigenvalue weighted by molar-refractivity contribution is 7.14. The number of benzene rings is 3. The minimum atomic E-state index is -1.10. The van der Waals surface area contributed by atoms with Gasteiger partial charge in [-0.25, -0.2) is 15.2 Å². The van der Waals surface area contributed by atoms with E-state index >= 15 is 0 Å². The van der Waals surface area contributed by atoms with Gasteiger partial charge in [-0.1, -0.05) is 35.3 Å². The van der Waals surface area contributed by atoms with Gasteiger partial charge in [0.2, 0.25) is 0 Å². The van der Waals surface area contributed by atoms with Crippen LogP contribution in [0.1, 0.15) is 15.9 Å². The molecule has 0 spiro atoms. The predicted octanol–water partition coefficient (Wildman–Crippen LogP) is 6.09. The number of rotatable bonds is 9. The van der Waals surface area contributed by atoms with Crippen LogP contribution in [0.3, 0.4) is 0 Å². The summed E-state index contributed by atoms with van der Waals surface area (Å²) in [7, 11) is 0. The maximum absolute atomic E-state index is 12.4. The average molecular weight is 541 g/mol. The minimum absolute atomic E-state index is 0.232. The molecule has 11 heteroatoms. The van der Waals surface area contributed by atoms with E-state index in [9.17, 15) is 9.59 Å². The summed E-state index contributed by atoms with van der Waals surface area (Å²) >= 11 is 13.5. The molecule has 3 aromatic carbocycles. The molecule has 4 rings (SSSR count). The summed E-state index contributed by atoms with van der Waals surface area (Å²) in [6, 6.07) is 19.1. The van der Waals surface area contributed by atoms with Gasteiger partial charge in [0, 0.05) is 27.2 Å². The van der Waals surface area contributed by atoms with E-state index in [-0.39, 0.29) is 16.7 Å². The molecular formula is C25H18Cl2N4O4S. The Morgan fingerprint density at radius 3 is 2.50 bits per heavy atom. The Morgan fingerprint density at radius 1 is 1.06 bits per heavy atom. The van der Waals surface area contributed by atoms with E-state index in [0.717, 1.165) is 22.1 Å². The van der Waals surface area contributed by atoms with Crippen molar-refractivity contribution in [3.8, 4) is 17.0 Å². The fourth-order valence-electron chi connectivity index (χ4n) is 3.00. The topological polar surface area (TPSA) is 113 Å². The highest BCUT2D eigenvalue weighted by Gasteiger charge is 2.09. The lowest BCUT2D eigenvalue weighted by Gasteiger charge is -2.06. The highest BCUT2D eigenvalue weighted by Crippen LogP contribution is 2.28. The molecule has 1 heterocycles. The lowest BCUT2D eigenvalue weighted by Crippen LogP contribution is -2.17. The highest BCUT2D eigenvalue weighted by atomic mass is 35.5. The summed E-state index contributed by atoms with van der Waals surface area (Å²) in [5.74, 6) is -1.24. The summed E-state index contributed by atoms with van der Waals surface area (Å²) in [6.07, 6.45) is 1.42. The van der Waals surface area contributed by atoms with Gasteiger partial charge in [-0.3, -0.25) is 4.79 Å². The number of amides is 1. The second-order valence-corrected chi connectivity index (χ2v) is 9.02. The molecule has 3 N–H and O–H groups in total. The molecule has 0 aliphatic carbocycles. The van der Waals surface area contributed by atoms with Crippen molar-refractivity contribution in [1.82, 2.24) is 10.4 Å². The van der Waals surface area contributed by atoms with Crippen LogP contribution in [-0.2, 0) is 4.79 Å². The van der Waals surface area contributed by atoms with E-state index < -0.39 is 12.6 Å². The van der Waals surface area contributed by atoms with Crippen LogP contribution in [0.25, 0.3) is 11.3 Å². The van der Waals surface area contributed by atoms with E-state index in [2.05, 4.69) is 20.8 Å². The van der Waals surface area contributed by atoms with Crippen molar-refractivity contribution < 1.29 is 19.4 Å². The second kappa shape index (κ2) is 11.7. The van der Waals surface area contributed by atoms with Crippen LogP contribution in [0.15, 0.2) is 77.2 Å². The molecule has 1 amide bonds. The predicted molar refractivity (Wildman–Crippen MR) is 142 cm³/mol. The monoisotopic (exact) mass is 540 g/mol. The van der Waals surface area contributed by atoms with Gasteiger partial charge in [-0.2, -0.15) is 5.10 Å². The SMILES string of the molecule is O=C(O)COc1ccc(/C=N\NC(=O)c2ccc(-c3csc(Nc4ccc(Cl)cc4)n3)cc2)cc1Cl. The average Bonchev–Trinajstić information content (AvgIpc) is 3.33. The molecule has 0 aliphatic heterocycles. The third kappa shape index (κ3) is 6.82. The Labute approximate surface area is 220 Å². The Hall–Kier alpha value is -3.92. The van der Waals surface area contributed by atoms with Gasteiger partial charge in [0.25, 0.3) is 5.91 Å². The summed E-state index contributed by atoms with van der Waals surface area (Å²) in [4.78, 5) is 27.6. The van der Waals surface area contributed by atoms with E-state index in [4.69, 9.17) is 33.0 Å². The van der Waals surface area contributed by atoms with Gasteiger partial charge in [0.15, 0.2) is 11.7 Å². The third-order valence-corrected chi connectivity index (χ3v) is 6.03. The third-order valence-electron chi connectivity index (χ3n) is 4.73. The smallest absolute Gasteiger partial charge is 0.341 e. The normalized spacial score (nSPS) is 10.8. The second-order valence-electron chi connectivity index (χ2n) is 7.32. The lowest BCUT2D eigenvalue weighted by molar-refractivity contribution is -0.139. The van der Waals surface area contributed by atoms with E-state index in [1.54, 1.807) is 36.4 Å². The van der Waals surface area contributed by atoms with Crippen LogP contribution in [-0.4, -0.2) is 34.8 Å². The molecule has 8 nitrogen and oxygen atoms in total. The number of carboxylic acids is 1. The van der Waals surface area contributed by atoms with Gasteiger partial charge in [0.05, 0.1) is 16.9 Å². The Morgan fingerprint density at radius 2 is 1.81 bits per heavy atom. The van der Waals surface area contributed by atoms with Crippen LogP contribution in [0.5, 0.6) is 5.75 Å². The number of halogens is 2. The minimum Gasteiger partial charge on any atom is -0.480 e. The number of aromatic nitrogens is 1. The van der Waals surface area contributed by atoms with Crippen molar-refractivity contribution in [3.05, 3.63) is 93.3 Å². The van der Waals surface area contributed by atoms with Gasteiger partial charge >= 0.3 is 5.97 Å². The largest absolute Gasteiger partial charge is 0.480 e. The number of ether oxygens (including phenoxy) is 1. The van der Waals surface area contributed by atoms with Crippen molar-refractivity contribution in [1.29, 1.82) is 0 Å². The molecule has 182 valence electrons. The summed E-state index contributed by atoms with van der Waals surface area (Å²) < 4.78 is 5.07. The fourth-order valence-corrected chi connectivity index (χ4v) is 4.11. The number of thiazole rings is 1. The molecule has 1 aromatic heterocycles. The first-order valence-corrected chi connectivity index (χ1v) is 12.1. The molecule has 0 fully saturated rings. The molecule has 0 bridgehead atoms. The van der Waals surface area contributed by atoms with E-state index in [0.29, 0.717) is 16.1 Å². The molecule has 36 heavy (non-hydrogen) atoms. The van der Waals surface area contributed by atoms with Crippen LogP contribution < -0.4 is 15.5 Å². The molecule has 0 unspecified atom stereocenters. The van der Waals surface area contributed by atoms with Crippen molar-refractivity contribution in [2.75, 3.05) is 11.9 Å².